The molecule has 4 heteroatoms. The first kappa shape index (κ1) is 15.9. The van der Waals surface area contributed by atoms with Gasteiger partial charge in [-0.3, -0.25) is 4.79 Å². The summed E-state index contributed by atoms with van der Waals surface area (Å²) in [7, 11) is 0. The Labute approximate surface area is 146 Å². The quantitative estimate of drug-likeness (QED) is 0.779. The minimum atomic E-state index is -0.560. The first-order valence-corrected chi connectivity index (χ1v) is 8.75. The third kappa shape index (κ3) is 3.17. The number of furan rings is 1. The highest BCUT2D eigenvalue weighted by atomic mass is 16.3. The lowest BCUT2D eigenvalue weighted by Crippen LogP contribution is -2.36. The maximum Gasteiger partial charge on any atom is 0.289 e. The summed E-state index contributed by atoms with van der Waals surface area (Å²) in [5.74, 6) is 0.293. The van der Waals surface area contributed by atoms with Crippen LogP contribution in [0, 0.1) is 0 Å². The molecule has 0 bridgehead atoms. The number of hydrogen-bond acceptors (Lipinski definition) is 3. The molecular weight excluding hydrogens is 314 g/mol. The molecule has 4 nitrogen and oxygen atoms in total. The largest absolute Gasteiger partial charge is 0.451 e. The number of aliphatic hydroxyl groups is 1. The summed E-state index contributed by atoms with van der Waals surface area (Å²) in [6, 6.07) is 19.1. The fourth-order valence-electron chi connectivity index (χ4n) is 3.65. The van der Waals surface area contributed by atoms with Crippen molar-refractivity contribution in [2.75, 3.05) is 6.54 Å². The molecule has 0 aliphatic carbocycles. The number of aliphatic hydroxyl groups excluding tert-OH is 1. The van der Waals surface area contributed by atoms with Gasteiger partial charge in [0.25, 0.3) is 5.91 Å². The van der Waals surface area contributed by atoms with E-state index in [4.69, 9.17) is 4.42 Å². The minimum Gasteiger partial charge on any atom is -0.451 e. The highest BCUT2D eigenvalue weighted by molar-refractivity contribution is 5.96. The summed E-state index contributed by atoms with van der Waals surface area (Å²) < 4.78 is 5.73. The van der Waals surface area contributed by atoms with E-state index in [2.05, 4.69) is 0 Å². The maximum absolute atomic E-state index is 12.9. The summed E-state index contributed by atoms with van der Waals surface area (Å²) in [4.78, 5) is 14.7. The van der Waals surface area contributed by atoms with Crippen LogP contribution in [0.1, 0.15) is 41.5 Å². The molecule has 1 fully saturated rings. The van der Waals surface area contributed by atoms with Crippen molar-refractivity contribution >= 4 is 16.9 Å². The number of fused-ring (bicyclic) bond motifs is 1. The van der Waals surface area contributed by atoms with Gasteiger partial charge < -0.3 is 14.4 Å². The summed E-state index contributed by atoms with van der Waals surface area (Å²) in [6.07, 6.45) is 1.86. The van der Waals surface area contributed by atoms with Crippen LogP contribution in [-0.4, -0.2) is 28.5 Å². The van der Waals surface area contributed by atoms with Crippen molar-refractivity contribution < 1.29 is 14.3 Å². The third-order valence-corrected chi connectivity index (χ3v) is 4.95. The van der Waals surface area contributed by atoms with Crippen LogP contribution in [-0.2, 0) is 0 Å². The molecule has 0 spiro atoms. The van der Waals surface area contributed by atoms with Crippen molar-refractivity contribution in [2.24, 2.45) is 0 Å². The Balaban J connectivity index is 1.51. The molecule has 2 atom stereocenters. The normalized spacial score (nSPS) is 18.6. The summed E-state index contributed by atoms with van der Waals surface area (Å²) in [5, 5.41) is 11.4. The van der Waals surface area contributed by atoms with E-state index in [0.717, 1.165) is 29.4 Å². The lowest BCUT2D eigenvalue weighted by molar-refractivity contribution is 0.0639. The average molecular weight is 335 g/mol. The van der Waals surface area contributed by atoms with Crippen molar-refractivity contribution in [2.45, 2.75) is 31.4 Å². The number of carbonyl (C=O) groups is 1. The van der Waals surface area contributed by atoms with E-state index in [1.165, 1.54) is 0 Å². The van der Waals surface area contributed by atoms with Gasteiger partial charge in [-0.1, -0.05) is 48.5 Å². The second-order valence-corrected chi connectivity index (χ2v) is 6.61. The van der Waals surface area contributed by atoms with Crippen LogP contribution in [0.3, 0.4) is 0 Å². The molecule has 1 aromatic heterocycles. The van der Waals surface area contributed by atoms with Crippen molar-refractivity contribution in [3.8, 4) is 0 Å². The summed E-state index contributed by atoms with van der Waals surface area (Å²) in [6.45, 7) is 0.710. The lowest BCUT2D eigenvalue weighted by atomic mass is 10.0. The van der Waals surface area contributed by atoms with E-state index < -0.39 is 6.10 Å². The Morgan fingerprint density at radius 2 is 1.92 bits per heavy atom. The second kappa shape index (κ2) is 6.73. The number of benzene rings is 2. The van der Waals surface area contributed by atoms with Gasteiger partial charge in [0.1, 0.15) is 5.58 Å². The van der Waals surface area contributed by atoms with Crippen LogP contribution in [0.4, 0.5) is 0 Å². The fourth-order valence-corrected chi connectivity index (χ4v) is 3.65. The average Bonchev–Trinajstić information content (AvgIpc) is 3.28. The summed E-state index contributed by atoms with van der Waals surface area (Å²) >= 11 is 0. The van der Waals surface area contributed by atoms with Crippen molar-refractivity contribution in [1.82, 2.24) is 4.90 Å². The molecule has 128 valence electrons. The van der Waals surface area contributed by atoms with E-state index in [1.54, 1.807) is 6.07 Å². The first-order valence-electron chi connectivity index (χ1n) is 8.75. The van der Waals surface area contributed by atoms with Crippen LogP contribution < -0.4 is 0 Å². The van der Waals surface area contributed by atoms with Crippen LogP contribution >= 0.6 is 0 Å². The van der Waals surface area contributed by atoms with Crippen LogP contribution in [0.25, 0.3) is 11.0 Å². The van der Waals surface area contributed by atoms with Gasteiger partial charge in [0.15, 0.2) is 5.76 Å². The molecule has 1 aliphatic heterocycles. The number of hydrogen-bond donors (Lipinski definition) is 1. The zero-order chi connectivity index (χ0) is 17.2. The van der Waals surface area contributed by atoms with Crippen molar-refractivity contribution in [3.63, 3.8) is 0 Å². The zero-order valence-corrected chi connectivity index (χ0v) is 14.0. The Hall–Kier alpha value is -2.59. The molecule has 4 rings (SSSR count). The predicted octanol–water partition coefficient (Wildman–Crippen LogP) is 4.16. The minimum absolute atomic E-state index is 0.0379. The smallest absolute Gasteiger partial charge is 0.289 e. The van der Waals surface area contributed by atoms with Gasteiger partial charge in [-0.15, -0.1) is 0 Å². The van der Waals surface area contributed by atoms with E-state index in [0.29, 0.717) is 18.7 Å². The van der Waals surface area contributed by atoms with Gasteiger partial charge in [0.2, 0.25) is 0 Å². The molecule has 1 N–H and O–H groups in total. The Morgan fingerprint density at radius 1 is 1.16 bits per heavy atom. The molecule has 2 aromatic carbocycles. The maximum atomic E-state index is 12.9. The molecule has 25 heavy (non-hydrogen) atoms. The molecule has 0 saturated carbocycles. The standard InChI is InChI=1S/C21H21NO3/c23-18(15-7-2-1-3-8-15)14-17-10-6-12-22(17)21(24)20-13-16-9-4-5-11-19(16)25-20/h1-5,7-9,11,13,17-18,23H,6,10,12,14H2. The molecule has 3 aromatic rings. The SMILES string of the molecule is O=C(c1cc2ccccc2o1)N1CCCC1CC(O)c1ccccc1. The lowest BCUT2D eigenvalue weighted by Gasteiger charge is -2.26. The van der Waals surface area contributed by atoms with E-state index in [-0.39, 0.29) is 11.9 Å². The number of carbonyl (C=O) groups excluding carboxylic acids is 1. The van der Waals surface area contributed by atoms with Gasteiger partial charge in [-0.2, -0.15) is 0 Å². The number of para-hydroxylation sites is 1. The number of amides is 1. The van der Waals surface area contributed by atoms with Gasteiger partial charge in [-0.05, 0) is 37.0 Å². The van der Waals surface area contributed by atoms with Crippen LogP contribution in [0.15, 0.2) is 65.1 Å². The Bertz CT molecular complexity index is 838. The van der Waals surface area contributed by atoms with Gasteiger partial charge in [0, 0.05) is 18.0 Å². The first-order chi connectivity index (χ1) is 12.2. The van der Waals surface area contributed by atoms with Gasteiger partial charge >= 0.3 is 0 Å². The highest BCUT2D eigenvalue weighted by Crippen LogP contribution is 2.29. The molecular formula is C21H21NO3. The topological polar surface area (TPSA) is 53.7 Å². The third-order valence-electron chi connectivity index (χ3n) is 4.95. The predicted molar refractivity (Wildman–Crippen MR) is 96.3 cm³/mol. The van der Waals surface area contributed by atoms with Gasteiger partial charge in [-0.25, -0.2) is 0 Å². The highest BCUT2D eigenvalue weighted by Gasteiger charge is 2.32. The van der Waals surface area contributed by atoms with Crippen LogP contribution in [0.2, 0.25) is 0 Å². The van der Waals surface area contributed by atoms with Crippen LogP contribution in [0.5, 0.6) is 0 Å². The number of likely N-dealkylation sites (tertiary alicyclic amines) is 1. The molecule has 2 unspecified atom stereocenters. The van der Waals surface area contributed by atoms with E-state index in [9.17, 15) is 9.90 Å². The molecule has 1 aliphatic rings. The monoisotopic (exact) mass is 335 g/mol. The van der Waals surface area contributed by atoms with Gasteiger partial charge in [0.05, 0.1) is 6.10 Å². The molecule has 1 saturated heterocycles. The molecule has 1 amide bonds. The Kier molecular flexibility index (Phi) is 4.28. The fraction of sp³-hybridized carbons (Fsp3) is 0.286. The second-order valence-electron chi connectivity index (χ2n) is 6.61. The zero-order valence-electron chi connectivity index (χ0n) is 14.0. The number of nitrogens with zero attached hydrogens (tertiary/aromatic N) is 1. The van der Waals surface area contributed by atoms with Crippen molar-refractivity contribution in [1.29, 1.82) is 0 Å². The van der Waals surface area contributed by atoms with E-state index >= 15 is 0 Å². The summed E-state index contributed by atoms with van der Waals surface area (Å²) in [5.41, 5.74) is 1.62. The Morgan fingerprint density at radius 3 is 2.72 bits per heavy atom. The van der Waals surface area contributed by atoms with Crippen molar-refractivity contribution in [3.05, 3.63) is 72.0 Å². The van der Waals surface area contributed by atoms with E-state index in [1.807, 2.05) is 59.5 Å². The number of rotatable bonds is 4. The molecule has 0 radical (unpaired) electrons. The molecule has 2 heterocycles.